The van der Waals surface area contributed by atoms with Gasteiger partial charge in [0, 0.05) is 52.8 Å². The summed E-state index contributed by atoms with van der Waals surface area (Å²) >= 11 is 1.80. The first-order valence-corrected chi connectivity index (χ1v) is 18.0. The molecule has 0 radical (unpaired) electrons. The molecule has 11 rings (SSSR count). The van der Waals surface area contributed by atoms with E-state index >= 15 is 0 Å². The minimum Gasteiger partial charge on any atom is -0.456 e. The third-order valence-corrected chi connectivity index (χ3v) is 11.2. The summed E-state index contributed by atoms with van der Waals surface area (Å²) in [5.74, 6) is 1.98. The molecule has 0 atom stereocenters. The van der Waals surface area contributed by atoms with Gasteiger partial charge in [-0.15, -0.1) is 11.3 Å². The van der Waals surface area contributed by atoms with Gasteiger partial charge in [0.05, 0.1) is 0 Å². The molecule has 5 nitrogen and oxygen atoms in total. The first kappa shape index (κ1) is 28.5. The van der Waals surface area contributed by atoms with Crippen molar-refractivity contribution in [3.63, 3.8) is 0 Å². The predicted molar refractivity (Wildman–Crippen MR) is 210 cm³/mol. The Balaban J connectivity index is 1.17. The van der Waals surface area contributed by atoms with Crippen LogP contribution in [0.1, 0.15) is 18.7 Å². The summed E-state index contributed by atoms with van der Waals surface area (Å²) in [6.45, 7) is 0. The van der Waals surface area contributed by atoms with Crippen molar-refractivity contribution >= 4 is 81.0 Å². The number of aromatic nitrogens is 3. The summed E-state index contributed by atoms with van der Waals surface area (Å²) in [6.07, 6.45) is 8.24. The van der Waals surface area contributed by atoms with Crippen LogP contribution in [0.4, 0.5) is 0 Å². The summed E-state index contributed by atoms with van der Waals surface area (Å²) in [4.78, 5) is 15.5. The first-order chi connectivity index (χ1) is 25.3. The van der Waals surface area contributed by atoms with Gasteiger partial charge in [-0.3, -0.25) is 0 Å². The van der Waals surface area contributed by atoms with Gasteiger partial charge < -0.3 is 8.83 Å². The molecule has 51 heavy (non-hydrogen) atoms. The average molecular weight is 674 g/mol. The fourth-order valence-electron chi connectivity index (χ4n) is 7.70. The number of nitrogens with zero attached hydrogens (tertiary/aromatic N) is 3. The van der Waals surface area contributed by atoms with Gasteiger partial charge in [0.15, 0.2) is 17.5 Å². The zero-order chi connectivity index (χ0) is 33.5. The average Bonchev–Trinajstić information content (AvgIpc) is 3.89. The largest absolute Gasteiger partial charge is 0.456 e. The van der Waals surface area contributed by atoms with Gasteiger partial charge in [0.1, 0.15) is 22.3 Å². The second-order valence-electron chi connectivity index (χ2n) is 13.0. The van der Waals surface area contributed by atoms with Crippen LogP contribution >= 0.6 is 11.3 Å². The highest BCUT2D eigenvalue weighted by Crippen LogP contribution is 2.45. The van der Waals surface area contributed by atoms with Gasteiger partial charge in [0.2, 0.25) is 0 Å². The number of para-hydroxylation sites is 1. The summed E-state index contributed by atoms with van der Waals surface area (Å²) in [7, 11) is 0. The minimum absolute atomic E-state index is 0.622. The summed E-state index contributed by atoms with van der Waals surface area (Å²) in [5, 5.41) is 6.70. The van der Waals surface area contributed by atoms with E-state index < -0.39 is 0 Å². The lowest BCUT2D eigenvalue weighted by Crippen LogP contribution is -2.04. The van der Waals surface area contributed by atoms with E-state index in [-0.39, 0.29) is 0 Å². The molecule has 1 aliphatic carbocycles. The predicted octanol–water partition coefficient (Wildman–Crippen LogP) is 12.8. The number of thiophene rings is 1. The number of hydrogen-bond donors (Lipinski definition) is 0. The molecular formula is C45H27N3O2S. The molecule has 0 saturated carbocycles. The maximum Gasteiger partial charge on any atom is 0.164 e. The maximum atomic E-state index is 6.58. The molecule has 0 fully saturated rings. The summed E-state index contributed by atoms with van der Waals surface area (Å²) in [5.41, 5.74) is 8.46. The molecule has 0 N–H and O–H groups in total. The van der Waals surface area contributed by atoms with Crippen molar-refractivity contribution in [2.75, 3.05) is 0 Å². The molecule has 4 heterocycles. The zero-order valence-electron chi connectivity index (χ0n) is 27.3. The van der Waals surface area contributed by atoms with Crippen LogP contribution < -0.4 is 0 Å². The molecule has 0 aliphatic heterocycles. The van der Waals surface area contributed by atoms with Crippen molar-refractivity contribution in [3.05, 3.63) is 145 Å². The summed E-state index contributed by atoms with van der Waals surface area (Å²) in [6, 6.07) is 42.1. The molecule has 0 amide bonds. The van der Waals surface area contributed by atoms with Gasteiger partial charge in [0.25, 0.3) is 0 Å². The smallest absolute Gasteiger partial charge is 0.164 e. The third kappa shape index (κ3) is 4.43. The molecular weight excluding hydrogens is 647 g/mol. The molecule has 1 aliphatic rings. The Labute approximate surface area is 295 Å². The van der Waals surface area contributed by atoms with E-state index in [9.17, 15) is 0 Å². The molecule has 0 saturated heterocycles. The van der Waals surface area contributed by atoms with Crippen LogP contribution in [0.2, 0.25) is 0 Å². The zero-order valence-corrected chi connectivity index (χ0v) is 28.1. The fraction of sp³-hybridized carbons (Fsp3) is 0.0444. The Morgan fingerprint density at radius 1 is 0.490 bits per heavy atom. The molecule has 0 unspecified atom stereocenters. The number of benzene rings is 6. The highest BCUT2D eigenvalue weighted by molar-refractivity contribution is 7.25. The molecule has 0 spiro atoms. The normalized spacial score (nSPS) is 13.4. The fourth-order valence-corrected chi connectivity index (χ4v) is 8.84. The van der Waals surface area contributed by atoms with Crippen LogP contribution in [0.3, 0.4) is 0 Å². The second kappa shape index (κ2) is 11.1. The molecule has 6 heteroatoms. The third-order valence-electron chi connectivity index (χ3n) is 10.0. The summed E-state index contributed by atoms with van der Waals surface area (Å²) < 4.78 is 15.4. The molecule has 4 aromatic heterocycles. The number of hydrogen-bond acceptors (Lipinski definition) is 6. The van der Waals surface area contributed by atoms with Crippen LogP contribution in [-0.2, 0) is 0 Å². The Morgan fingerprint density at radius 3 is 1.94 bits per heavy atom. The van der Waals surface area contributed by atoms with Crippen molar-refractivity contribution in [2.45, 2.75) is 12.8 Å². The number of rotatable bonds is 4. The quantitative estimate of drug-likeness (QED) is 0.186. The monoisotopic (exact) mass is 673 g/mol. The van der Waals surface area contributed by atoms with E-state index in [0.717, 1.165) is 84.5 Å². The maximum absolute atomic E-state index is 6.58. The van der Waals surface area contributed by atoms with Crippen molar-refractivity contribution in [2.24, 2.45) is 0 Å². The lowest BCUT2D eigenvalue weighted by atomic mass is 9.94. The Bertz CT molecular complexity index is 3110. The van der Waals surface area contributed by atoms with Crippen LogP contribution in [0, 0.1) is 0 Å². The Morgan fingerprint density at radius 2 is 1.12 bits per heavy atom. The molecule has 240 valence electrons. The molecule has 6 aromatic carbocycles. The molecule has 10 aromatic rings. The van der Waals surface area contributed by atoms with E-state index in [1.807, 2.05) is 36.4 Å². The van der Waals surface area contributed by atoms with Crippen LogP contribution in [0.15, 0.2) is 148 Å². The van der Waals surface area contributed by atoms with E-state index in [2.05, 4.69) is 103 Å². The number of allylic oxidation sites excluding steroid dienone is 4. The van der Waals surface area contributed by atoms with Crippen molar-refractivity contribution < 1.29 is 8.83 Å². The Kier molecular flexibility index (Phi) is 6.18. The topological polar surface area (TPSA) is 65.0 Å². The highest BCUT2D eigenvalue weighted by Gasteiger charge is 2.22. The van der Waals surface area contributed by atoms with Gasteiger partial charge >= 0.3 is 0 Å². The molecule has 0 bridgehead atoms. The van der Waals surface area contributed by atoms with Gasteiger partial charge in [-0.2, -0.15) is 0 Å². The standard InChI is InChI=1S/C45H27N3O2S/c1-2-11-26(12-3-1)43-46-44(27-23-24-29-28-13-5-7-22-38(28)51-39(29)25-27)48-45(47-43)33-17-10-21-37-42(33)41-31(16-9-20-36(41)50-37)30-15-8-19-35-40(30)32-14-4-6-18-34(32)49-35/h1-2,4-11,13-25H,3,12H2. The SMILES string of the molecule is C1=CCCC(c2nc(-c3ccc4c(c3)sc3ccccc34)nc(-c3cccc4oc5cccc(-c6cccc7oc8ccccc8c67)c5c34)n2)=C1. The van der Waals surface area contributed by atoms with E-state index in [1.54, 1.807) is 11.3 Å². The van der Waals surface area contributed by atoms with Gasteiger partial charge in [-0.25, -0.2) is 15.0 Å². The van der Waals surface area contributed by atoms with Crippen molar-refractivity contribution in [1.29, 1.82) is 0 Å². The minimum atomic E-state index is 0.622. The second-order valence-corrected chi connectivity index (χ2v) is 14.1. The first-order valence-electron chi connectivity index (χ1n) is 17.2. The van der Waals surface area contributed by atoms with Crippen molar-refractivity contribution in [1.82, 2.24) is 15.0 Å². The van der Waals surface area contributed by atoms with E-state index in [1.165, 1.54) is 20.2 Å². The van der Waals surface area contributed by atoms with Gasteiger partial charge in [-0.1, -0.05) is 103 Å². The van der Waals surface area contributed by atoms with Crippen LogP contribution in [0.25, 0.3) is 104 Å². The Hall–Kier alpha value is -6.37. The van der Waals surface area contributed by atoms with Crippen LogP contribution in [-0.4, -0.2) is 15.0 Å². The lowest BCUT2D eigenvalue weighted by Gasteiger charge is -2.12. The van der Waals surface area contributed by atoms with E-state index in [0.29, 0.717) is 17.5 Å². The number of fused-ring (bicyclic) bond motifs is 9. The van der Waals surface area contributed by atoms with Gasteiger partial charge in [-0.05, 0) is 65.9 Å². The van der Waals surface area contributed by atoms with Crippen molar-refractivity contribution in [3.8, 4) is 33.9 Å². The lowest BCUT2D eigenvalue weighted by molar-refractivity contribution is 0.668. The van der Waals surface area contributed by atoms with Crippen LogP contribution in [0.5, 0.6) is 0 Å². The number of furan rings is 2. The highest BCUT2D eigenvalue weighted by atomic mass is 32.1. The van der Waals surface area contributed by atoms with E-state index in [4.69, 9.17) is 23.8 Å².